The van der Waals surface area contributed by atoms with E-state index in [1.165, 1.54) is 5.56 Å². The van der Waals surface area contributed by atoms with Crippen molar-refractivity contribution >= 4 is 11.9 Å². The van der Waals surface area contributed by atoms with Gasteiger partial charge in [0.25, 0.3) is 0 Å². The molecule has 0 saturated carbocycles. The number of hydrogen-bond acceptors (Lipinski definition) is 3. The van der Waals surface area contributed by atoms with Crippen LogP contribution in [0.1, 0.15) is 51.5 Å². The molecule has 0 aliphatic carbocycles. The van der Waals surface area contributed by atoms with Gasteiger partial charge in [0.15, 0.2) is 0 Å². The largest absolute Gasteiger partial charge is 0.480 e. The minimum absolute atomic E-state index is 0.0819. The number of carboxylic acids is 1. The number of aliphatic carboxylic acids is 1. The van der Waals surface area contributed by atoms with Crippen LogP contribution in [0.15, 0.2) is 30.3 Å². The van der Waals surface area contributed by atoms with Crippen LogP contribution in [0.2, 0.25) is 0 Å². The molecule has 5 heteroatoms. The first-order chi connectivity index (χ1) is 12.4. The highest BCUT2D eigenvalue weighted by atomic mass is 16.4. The molecule has 2 rings (SSSR count). The number of carbonyl (C=O) groups is 2. The lowest BCUT2D eigenvalue weighted by Gasteiger charge is -2.38. The third-order valence-corrected chi connectivity index (χ3v) is 5.51. The summed E-state index contributed by atoms with van der Waals surface area (Å²) in [4.78, 5) is 27.8. The number of carboxylic acid groups (broad SMARTS) is 1. The van der Waals surface area contributed by atoms with Crippen LogP contribution in [0.4, 0.5) is 0 Å². The monoisotopic (exact) mass is 360 g/mol. The van der Waals surface area contributed by atoms with Crippen LogP contribution in [-0.2, 0) is 9.59 Å². The molecule has 1 heterocycles. The number of benzene rings is 1. The Balaban J connectivity index is 1.92. The van der Waals surface area contributed by atoms with Gasteiger partial charge in [-0.15, -0.1) is 0 Å². The van der Waals surface area contributed by atoms with E-state index < -0.39 is 5.97 Å². The number of nitrogens with zero attached hydrogens (tertiary/aromatic N) is 2. The Morgan fingerprint density at radius 2 is 1.81 bits per heavy atom. The van der Waals surface area contributed by atoms with Crippen molar-refractivity contribution in [2.45, 2.75) is 52.0 Å². The van der Waals surface area contributed by atoms with Crippen LogP contribution >= 0.6 is 0 Å². The van der Waals surface area contributed by atoms with Crippen molar-refractivity contribution < 1.29 is 14.7 Å². The Morgan fingerprint density at radius 1 is 1.19 bits per heavy atom. The molecule has 5 nitrogen and oxygen atoms in total. The maximum absolute atomic E-state index is 12.8. The molecule has 1 aliphatic rings. The van der Waals surface area contributed by atoms with Gasteiger partial charge in [-0.05, 0) is 36.8 Å². The standard InChI is InChI=1S/C21H32N2O3/c1-4-22(15-21(25)26)18-10-12-23(13-11-18)20(24)14-19(16(2)3)17-8-6-5-7-9-17/h5-9,16,18-19H,4,10-15H2,1-3H3,(H,25,26). The summed E-state index contributed by atoms with van der Waals surface area (Å²) in [7, 11) is 0. The fourth-order valence-corrected chi connectivity index (χ4v) is 3.91. The van der Waals surface area contributed by atoms with Gasteiger partial charge >= 0.3 is 5.97 Å². The van der Waals surface area contributed by atoms with Crippen molar-refractivity contribution in [2.75, 3.05) is 26.2 Å². The maximum atomic E-state index is 12.8. The fraction of sp³-hybridized carbons (Fsp3) is 0.619. The zero-order valence-electron chi connectivity index (χ0n) is 16.2. The molecule has 1 aromatic rings. The Bertz CT molecular complexity index is 580. The number of hydrogen-bond donors (Lipinski definition) is 1. The van der Waals surface area contributed by atoms with Gasteiger partial charge < -0.3 is 10.0 Å². The summed E-state index contributed by atoms with van der Waals surface area (Å²) in [6.45, 7) is 8.59. The van der Waals surface area contributed by atoms with Crippen LogP contribution in [0, 0.1) is 5.92 Å². The molecular weight excluding hydrogens is 328 g/mol. The molecule has 26 heavy (non-hydrogen) atoms. The number of piperidine rings is 1. The minimum Gasteiger partial charge on any atom is -0.480 e. The lowest BCUT2D eigenvalue weighted by Crippen LogP contribution is -2.48. The summed E-state index contributed by atoms with van der Waals surface area (Å²) in [6.07, 6.45) is 2.24. The van der Waals surface area contributed by atoms with Crippen LogP contribution in [-0.4, -0.2) is 59.0 Å². The molecular formula is C21H32N2O3. The van der Waals surface area contributed by atoms with Crippen LogP contribution in [0.5, 0.6) is 0 Å². The summed E-state index contributed by atoms with van der Waals surface area (Å²) in [5, 5.41) is 9.04. The van der Waals surface area contributed by atoms with Crippen molar-refractivity contribution in [1.82, 2.24) is 9.80 Å². The normalized spacial score (nSPS) is 16.9. The summed E-state index contributed by atoms with van der Waals surface area (Å²) < 4.78 is 0. The Labute approximate surface area is 157 Å². The van der Waals surface area contributed by atoms with Crippen molar-refractivity contribution in [2.24, 2.45) is 5.92 Å². The van der Waals surface area contributed by atoms with E-state index in [9.17, 15) is 9.59 Å². The van der Waals surface area contributed by atoms with Crippen molar-refractivity contribution in [3.8, 4) is 0 Å². The Hall–Kier alpha value is -1.88. The zero-order chi connectivity index (χ0) is 19.1. The molecule has 1 saturated heterocycles. The molecule has 1 unspecified atom stereocenters. The molecule has 144 valence electrons. The first kappa shape index (κ1) is 20.4. The molecule has 1 fully saturated rings. The summed E-state index contributed by atoms with van der Waals surface area (Å²) in [5.41, 5.74) is 1.23. The highest BCUT2D eigenvalue weighted by molar-refractivity contribution is 5.77. The van der Waals surface area contributed by atoms with Gasteiger partial charge in [-0.2, -0.15) is 0 Å². The van der Waals surface area contributed by atoms with Gasteiger partial charge in [-0.25, -0.2) is 0 Å². The highest BCUT2D eigenvalue weighted by Gasteiger charge is 2.29. The summed E-state index contributed by atoms with van der Waals surface area (Å²) in [5.74, 6) is 0.0749. The van der Waals surface area contributed by atoms with Gasteiger partial charge in [0.05, 0.1) is 6.54 Å². The molecule has 1 atom stereocenters. The fourth-order valence-electron chi connectivity index (χ4n) is 3.91. The lowest BCUT2D eigenvalue weighted by atomic mass is 9.85. The molecule has 0 spiro atoms. The molecule has 0 aromatic heterocycles. The predicted octanol–water partition coefficient (Wildman–Crippen LogP) is 3.21. The molecule has 1 aliphatic heterocycles. The Morgan fingerprint density at radius 3 is 2.31 bits per heavy atom. The number of carbonyl (C=O) groups excluding carboxylic acids is 1. The molecule has 1 aromatic carbocycles. The second-order valence-corrected chi connectivity index (χ2v) is 7.53. The van der Waals surface area contributed by atoms with E-state index in [1.54, 1.807) is 0 Å². The highest BCUT2D eigenvalue weighted by Crippen LogP contribution is 2.29. The summed E-state index contributed by atoms with van der Waals surface area (Å²) in [6, 6.07) is 10.5. The number of rotatable bonds is 8. The van der Waals surface area contributed by atoms with E-state index in [-0.39, 0.29) is 24.4 Å². The van der Waals surface area contributed by atoms with Gasteiger partial charge in [0.1, 0.15) is 0 Å². The first-order valence-corrected chi connectivity index (χ1v) is 9.70. The van der Waals surface area contributed by atoms with E-state index in [4.69, 9.17) is 5.11 Å². The minimum atomic E-state index is -0.784. The lowest BCUT2D eigenvalue weighted by molar-refractivity contribution is -0.140. The maximum Gasteiger partial charge on any atom is 0.317 e. The van der Waals surface area contributed by atoms with E-state index in [0.29, 0.717) is 12.3 Å². The van der Waals surface area contributed by atoms with Crippen molar-refractivity contribution in [3.05, 3.63) is 35.9 Å². The molecule has 0 radical (unpaired) electrons. The smallest absolute Gasteiger partial charge is 0.317 e. The zero-order valence-corrected chi connectivity index (χ0v) is 16.2. The third kappa shape index (κ3) is 5.56. The van der Waals surface area contributed by atoms with E-state index in [1.807, 2.05) is 34.9 Å². The third-order valence-electron chi connectivity index (χ3n) is 5.51. The van der Waals surface area contributed by atoms with Gasteiger partial charge in [-0.3, -0.25) is 14.5 Å². The number of amides is 1. The topological polar surface area (TPSA) is 60.9 Å². The van der Waals surface area contributed by atoms with Crippen molar-refractivity contribution in [3.63, 3.8) is 0 Å². The predicted molar refractivity (Wildman–Crippen MR) is 103 cm³/mol. The number of likely N-dealkylation sites (tertiary alicyclic amines) is 1. The van der Waals surface area contributed by atoms with Gasteiger partial charge in [0, 0.05) is 25.6 Å². The summed E-state index contributed by atoms with van der Waals surface area (Å²) >= 11 is 0. The van der Waals surface area contributed by atoms with Crippen LogP contribution < -0.4 is 0 Å². The number of likely N-dealkylation sites (N-methyl/N-ethyl adjacent to an activating group) is 1. The average molecular weight is 360 g/mol. The average Bonchev–Trinajstić information content (AvgIpc) is 2.64. The molecule has 0 bridgehead atoms. The van der Waals surface area contributed by atoms with Gasteiger partial charge in [-0.1, -0.05) is 51.1 Å². The second kappa shape index (κ2) is 9.72. The van der Waals surface area contributed by atoms with E-state index >= 15 is 0 Å². The molecule has 1 amide bonds. The first-order valence-electron chi connectivity index (χ1n) is 9.70. The molecule has 1 N–H and O–H groups in total. The van der Waals surface area contributed by atoms with Crippen LogP contribution in [0.25, 0.3) is 0 Å². The van der Waals surface area contributed by atoms with Gasteiger partial charge in [0.2, 0.25) is 5.91 Å². The quantitative estimate of drug-likeness (QED) is 0.773. The second-order valence-electron chi connectivity index (χ2n) is 7.53. The van der Waals surface area contributed by atoms with E-state index in [0.717, 1.165) is 32.5 Å². The van der Waals surface area contributed by atoms with Crippen LogP contribution in [0.3, 0.4) is 0 Å². The SMILES string of the molecule is CCN(CC(=O)O)C1CCN(C(=O)CC(c2ccccc2)C(C)C)CC1. The van der Waals surface area contributed by atoms with Crippen molar-refractivity contribution in [1.29, 1.82) is 0 Å². The Kier molecular flexibility index (Phi) is 7.64. The van der Waals surface area contributed by atoms with E-state index in [2.05, 4.69) is 26.0 Å².